The summed E-state index contributed by atoms with van der Waals surface area (Å²) >= 11 is 5.97. The number of rotatable bonds is 0. The molecule has 0 aliphatic rings. The van der Waals surface area contributed by atoms with Gasteiger partial charge in [0.1, 0.15) is 20.4 Å². The minimum absolute atomic E-state index is 0.0346. The predicted molar refractivity (Wildman–Crippen MR) is 61.2 cm³/mol. The predicted octanol–water partition coefficient (Wildman–Crippen LogP) is 2.73. The van der Waals surface area contributed by atoms with E-state index >= 15 is 0 Å². The van der Waals surface area contributed by atoms with Gasteiger partial charge < -0.3 is 14.6 Å². The van der Waals surface area contributed by atoms with Crippen LogP contribution in [0, 0.1) is 0 Å². The zero-order valence-corrected chi connectivity index (χ0v) is 10.3. The third-order valence-electron chi connectivity index (χ3n) is 1.91. The second-order valence-electron chi connectivity index (χ2n) is 2.83. The van der Waals surface area contributed by atoms with E-state index in [1.807, 2.05) is 0 Å². The van der Waals surface area contributed by atoms with Crippen molar-refractivity contribution in [2.75, 3.05) is 0 Å². The summed E-state index contributed by atoms with van der Waals surface area (Å²) in [5, 5.41) is 19.4. The number of phenols is 1. The largest absolute Gasteiger partial charge is 0.507 e. The van der Waals surface area contributed by atoms with E-state index in [1.54, 1.807) is 0 Å². The third-order valence-corrected chi connectivity index (χ3v) is 3.38. The summed E-state index contributed by atoms with van der Waals surface area (Å²) in [6.45, 7) is 0. The van der Waals surface area contributed by atoms with Crippen LogP contribution in [-0.4, -0.2) is 10.2 Å². The van der Waals surface area contributed by atoms with Gasteiger partial charge in [0.25, 0.3) is 0 Å². The number of phenolic OH excluding ortho intramolecular Hbond substituents is 1. The molecule has 0 amide bonds. The van der Waals surface area contributed by atoms with Gasteiger partial charge in [0, 0.05) is 0 Å². The molecule has 0 radical (unpaired) electrons. The molecule has 0 bridgehead atoms. The Kier molecular flexibility index (Phi) is 2.47. The lowest BCUT2D eigenvalue weighted by atomic mass is 10.2. The Hall–Kier alpha value is -1.01. The molecule has 0 aliphatic carbocycles. The summed E-state index contributed by atoms with van der Waals surface area (Å²) in [5.74, 6) is -0.269. The number of halogens is 2. The van der Waals surface area contributed by atoms with Crippen LogP contribution in [0.25, 0.3) is 11.0 Å². The maximum absolute atomic E-state index is 11.2. The number of hydrogen-bond acceptors (Lipinski definition) is 4. The van der Waals surface area contributed by atoms with Crippen LogP contribution in [0.1, 0.15) is 0 Å². The summed E-state index contributed by atoms with van der Waals surface area (Å²) < 4.78 is 5.12. The summed E-state index contributed by atoms with van der Waals surface area (Å²) in [6, 6.07) is 2.84. The van der Waals surface area contributed by atoms with Crippen molar-refractivity contribution in [1.29, 1.82) is 0 Å². The lowest BCUT2D eigenvalue weighted by Gasteiger charge is -2.04. The molecular weight excluding hydrogens is 332 g/mol. The molecule has 0 saturated heterocycles. The molecule has 2 rings (SSSR count). The van der Waals surface area contributed by atoms with Gasteiger partial charge in [-0.25, -0.2) is 4.79 Å². The molecule has 2 aromatic rings. The van der Waals surface area contributed by atoms with E-state index in [2.05, 4.69) is 31.9 Å². The smallest absolute Gasteiger partial charge is 0.354 e. The summed E-state index contributed by atoms with van der Waals surface area (Å²) in [7, 11) is 0. The Balaban J connectivity index is 3.05. The molecule has 0 fully saturated rings. The van der Waals surface area contributed by atoms with Crippen LogP contribution < -0.4 is 5.63 Å². The highest BCUT2D eigenvalue weighted by molar-refractivity contribution is 9.11. The Morgan fingerprint density at radius 2 is 1.80 bits per heavy atom. The Bertz CT molecular complexity index is 603. The molecule has 0 unspecified atom stereocenters. The second-order valence-corrected chi connectivity index (χ2v) is 4.41. The second kappa shape index (κ2) is 3.53. The van der Waals surface area contributed by atoms with Crippen LogP contribution >= 0.6 is 31.9 Å². The van der Waals surface area contributed by atoms with Crippen LogP contribution in [0.3, 0.4) is 0 Å². The van der Waals surface area contributed by atoms with Crippen LogP contribution in [0.15, 0.2) is 30.3 Å². The normalized spacial score (nSPS) is 10.8. The average molecular weight is 336 g/mol. The number of benzene rings is 1. The van der Waals surface area contributed by atoms with Gasteiger partial charge in [-0.15, -0.1) is 0 Å². The fraction of sp³-hybridized carbons (Fsp3) is 0. The van der Waals surface area contributed by atoms with Crippen LogP contribution in [0.5, 0.6) is 11.5 Å². The first kappa shape index (κ1) is 10.5. The van der Waals surface area contributed by atoms with Crippen molar-refractivity contribution >= 4 is 42.8 Å². The zero-order valence-electron chi connectivity index (χ0n) is 7.12. The molecule has 1 aromatic carbocycles. The molecule has 0 aliphatic heterocycles. The van der Waals surface area contributed by atoms with E-state index in [9.17, 15) is 15.0 Å². The fourth-order valence-corrected chi connectivity index (χ4v) is 1.91. The van der Waals surface area contributed by atoms with Gasteiger partial charge in [-0.3, -0.25) is 0 Å². The van der Waals surface area contributed by atoms with E-state index in [1.165, 1.54) is 12.1 Å². The molecule has 1 heterocycles. The van der Waals surface area contributed by atoms with Gasteiger partial charge in [-0.2, -0.15) is 0 Å². The van der Waals surface area contributed by atoms with Crippen molar-refractivity contribution in [2.24, 2.45) is 0 Å². The lowest BCUT2D eigenvalue weighted by molar-refractivity contribution is 0.456. The lowest BCUT2D eigenvalue weighted by Crippen LogP contribution is -1.99. The van der Waals surface area contributed by atoms with Crippen molar-refractivity contribution < 1.29 is 14.6 Å². The van der Waals surface area contributed by atoms with Crippen molar-refractivity contribution in [1.82, 2.24) is 0 Å². The van der Waals surface area contributed by atoms with E-state index in [0.29, 0.717) is 5.39 Å². The number of fused-ring (bicyclic) bond motifs is 1. The molecule has 4 nitrogen and oxygen atoms in total. The standard InChI is InChI=1S/C9H4Br2O4/c10-5-4(12)2-1-3-7(13)6(11)9(14)15-8(3)5/h1-2,12-13H. The maximum atomic E-state index is 11.2. The Morgan fingerprint density at radius 3 is 2.47 bits per heavy atom. The Labute approximate surface area is 100 Å². The molecule has 2 N–H and O–H groups in total. The third kappa shape index (κ3) is 1.53. The fourth-order valence-electron chi connectivity index (χ4n) is 1.18. The first-order chi connectivity index (χ1) is 7.02. The zero-order chi connectivity index (χ0) is 11.2. The van der Waals surface area contributed by atoms with Gasteiger partial charge in [-0.1, -0.05) is 0 Å². The highest BCUT2D eigenvalue weighted by atomic mass is 79.9. The van der Waals surface area contributed by atoms with Crippen LogP contribution in [-0.2, 0) is 0 Å². The van der Waals surface area contributed by atoms with Crippen LogP contribution in [0.4, 0.5) is 0 Å². The van der Waals surface area contributed by atoms with Gasteiger partial charge in [0.05, 0.1) is 5.39 Å². The van der Waals surface area contributed by atoms with Gasteiger partial charge in [0.15, 0.2) is 5.58 Å². The molecule has 15 heavy (non-hydrogen) atoms. The van der Waals surface area contributed by atoms with E-state index in [-0.39, 0.29) is 26.0 Å². The highest BCUT2D eigenvalue weighted by Crippen LogP contribution is 2.37. The molecule has 78 valence electrons. The molecule has 6 heteroatoms. The SMILES string of the molecule is O=c1oc2c(Br)c(O)ccc2c(O)c1Br. The summed E-state index contributed by atoms with van der Waals surface area (Å²) in [4.78, 5) is 11.2. The summed E-state index contributed by atoms with van der Waals surface area (Å²) in [5.41, 5.74) is -0.591. The van der Waals surface area contributed by atoms with Crippen molar-refractivity contribution in [3.63, 3.8) is 0 Å². The van der Waals surface area contributed by atoms with Crippen molar-refractivity contribution in [2.45, 2.75) is 0 Å². The number of aromatic hydroxyl groups is 2. The monoisotopic (exact) mass is 334 g/mol. The van der Waals surface area contributed by atoms with Gasteiger partial charge in [-0.05, 0) is 44.0 Å². The van der Waals surface area contributed by atoms with Crippen LogP contribution in [0.2, 0.25) is 0 Å². The molecule has 0 saturated carbocycles. The Morgan fingerprint density at radius 1 is 1.13 bits per heavy atom. The first-order valence-corrected chi connectivity index (χ1v) is 5.43. The topological polar surface area (TPSA) is 70.7 Å². The van der Waals surface area contributed by atoms with Crippen molar-refractivity contribution in [3.8, 4) is 11.5 Å². The minimum Gasteiger partial charge on any atom is -0.507 e. The molecule has 1 aromatic heterocycles. The van der Waals surface area contributed by atoms with E-state index in [4.69, 9.17) is 4.42 Å². The average Bonchev–Trinajstić information content (AvgIpc) is 2.21. The first-order valence-electron chi connectivity index (χ1n) is 3.85. The van der Waals surface area contributed by atoms with E-state index in [0.717, 1.165) is 0 Å². The maximum Gasteiger partial charge on any atom is 0.354 e. The molecule has 0 spiro atoms. The van der Waals surface area contributed by atoms with E-state index < -0.39 is 5.63 Å². The summed E-state index contributed by atoms with van der Waals surface area (Å²) in [6.07, 6.45) is 0. The van der Waals surface area contributed by atoms with Gasteiger partial charge in [0.2, 0.25) is 0 Å². The van der Waals surface area contributed by atoms with Gasteiger partial charge >= 0.3 is 5.63 Å². The number of hydrogen-bond donors (Lipinski definition) is 2. The highest BCUT2D eigenvalue weighted by Gasteiger charge is 2.15. The minimum atomic E-state index is -0.702. The molecule has 0 atom stereocenters. The van der Waals surface area contributed by atoms with Crippen molar-refractivity contribution in [3.05, 3.63) is 31.5 Å². The quantitative estimate of drug-likeness (QED) is 0.726. The molecular formula is C9H4Br2O4.